The minimum Gasteiger partial charge on any atom is -0.495 e. The molecular weight excluding hydrogens is 434 g/mol. The summed E-state index contributed by atoms with van der Waals surface area (Å²) >= 11 is 6.07. The fourth-order valence-corrected chi connectivity index (χ4v) is 5.49. The van der Waals surface area contributed by atoms with Gasteiger partial charge in [-0.15, -0.1) is 0 Å². The molecule has 0 unspecified atom stereocenters. The van der Waals surface area contributed by atoms with Crippen LogP contribution < -0.4 is 9.47 Å². The lowest BCUT2D eigenvalue weighted by Crippen LogP contribution is -2.33. The summed E-state index contributed by atoms with van der Waals surface area (Å²) in [5.74, 6) is 1.31. The lowest BCUT2D eigenvalue weighted by Gasteiger charge is -2.29. The van der Waals surface area contributed by atoms with Gasteiger partial charge >= 0.3 is 0 Å². The van der Waals surface area contributed by atoms with Gasteiger partial charge in [-0.1, -0.05) is 37.6 Å². The van der Waals surface area contributed by atoms with Gasteiger partial charge in [0, 0.05) is 23.7 Å². The number of hydrogen-bond donors (Lipinski definition) is 0. The van der Waals surface area contributed by atoms with E-state index >= 15 is 0 Å². The van der Waals surface area contributed by atoms with Gasteiger partial charge in [-0.2, -0.15) is 0 Å². The van der Waals surface area contributed by atoms with E-state index in [1.807, 2.05) is 37.0 Å². The molecule has 1 aliphatic rings. The third-order valence-corrected chi connectivity index (χ3v) is 6.88. The number of hydrogen-bond acceptors (Lipinski definition) is 5. The van der Waals surface area contributed by atoms with Gasteiger partial charge in [0.05, 0.1) is 7.11 Å². The molecule has 5 nitrogen and oxygen atoms in total. The molecule has 0 spiro atoms. The van der Waals surface area contributed by atoms with Crippen LogP contribution in [0, 0.1) is 5.92 Å². The standard InChI is InChI=1S/C24H30ClNO4S/c1-17(2)14-26(16-31(27,28)23-13-20(25)7-9-22(23)29-5)15-18-6-8-21-19(12-18)10-11-24(3,4)30-21/h6-13,17H,14-16H2,1-5H3. The second kappa shape index (κ2) is 9.23. The summed E-state index contributed by atoms with van der Waals surface area (Å²) in [4.78, 5) is 2.06. The predicted octanol–water partition coefficient (Wildman–Crippen LogP) is 5.42. The van der Waals surface area contributed by atoms with Crippen LogP contribution in [-0.2, 0) is 16.4 Å². The van der Waals surface area contributed by atoms with Crippen LogP contribution in [0.4, 0.5) is 0 Å². The molecule has 0 fully saturated rings. The maximum Gasteiger partial charge on any atom is 0.195 e. The maximum atomic E-state index is 13.2. The van der Waals surface area contributed by atoms with Crippen LogP contribution in [0.5, 0.6) is 11.5 Å². The van der Waals surface area contributed by atoms with Gasteiger partial charge < -0.3 is 9.47 Å². The van der Waals surface area contributed by atoms with Crippen LogP contribution in [0.25, 0.3) is 6.08 Å². The highest BCUT2D eigenvalue weighted by Crippen LogP contribution is 2.32. The van der Waals surface area contributed by atoms with Crippen molar-refractivity contribution in [2.24, 2.45) is 5.92 Å². The van der Waals surface area contributed by atoms with E-state index < -0.39 is 9.84 Å². The van der Waals surface area contributed by atoms with Gasteiger partial charge in [0.15, 0.2) is 9.84 Å². The van der Waals surface area contributed by atoms with Crippen LogP contribution >= 0.6 is 11.6 Å². The summed E-state index contributed by atoms with van der Waals surface area (Å²) in [7, 11) is -2.19. The summed E-state index contributed by atoms with van der Waals surface area (Å²) in [6, 6.07) is 10.7. The molecule has 3 rings (SSSR count). The Morgan fingerprint density at radius 2 is 1.90 bits per heavy atom. The van der Waals surface area contributed by atoms with Crippen molar-refractivity contribution in [3.63, 3.8) is 0 Å². The Balaban J connectivity index is 1.86. The first-order chi connectivity index (χ1) is 14.5. The van der Waals surface area contributed by atoms with E-state index in [0.29, 0.717) is 29.8 Å². The third-order valence-electron chi connectivity index (χ3n) is 4.95. The number of sulfone groups is 1. The predicted molar refractivity (Wildman–Crippen MR) is 125 cm³/mol. The zero-order valence-corrected chi connectivity index (χ0v) is 20.3. The molecule has 0 aliphatic carbocycles. The normalized spacial score (nSPS) is 15.1. The molecule has 168 valence electrons. The minimum atomic E-state index is -3.65. The summed E-state index contributed by atoms with van der Waals surface area (Å²) in [6.45, 7) is 9.32. The molecule has 0 aromatic heterocycles. The average molecular weight is 464 g/mol. The molecule has 7 heteroatoms. The fourth-order valence-electron chi connectivity index (χ4n) is 3.67. The third kappa shape index (κ3) is 6.03. The van der Waals surface area contributed by atoms with Crippen molar-refractivity contribution in [2.75, 3.05) is 19.5 Å². The van der Waals surface area contributed by atoms with E-state index in [9.17, 15) is 8.42 Å². The van der Waals surface area contributed by atoms with Crippen molar-refractivity contribution in [2.45, 2.75) is 44.7 Å². The lowest BCUT2D eigenvalue weighted by molar-refractivity contribution is 0.159. The molecule has 31 heavy (non-hydrogen) atoms. The van der Waals surface area contributed by atoms with Crippen LogP contribution in [0.2, 0.25) is 5.02 Å². The summed E-state index contributed by atoms with van der Waals surface area (Å²) in [6.07, 6.45) is 4.09. The number of benzene rings is 2. The number of halogens is 1. The van der Waals surface area contributed by atoms with Gasteiger partial charge in [0.2, 0.25) is 0 Å². The Labute approximate surface area is 190 Å². The molecule has 2 aromatic carbocycles. The Morgan fingerprint density at radius 3 is 2.58 bits per heavy atom. The molecule has 0 radical (unpaired) electrons. The summed E-state index contributed by atoms with van der Waals surface area (Å²) in [5, 5.41) is 0.360. The first-order valence-corrected chi connectivity index (χ1v) is 12.3. The van der Waals surface area contributed by atoms with E-state index in [2.05, 4.69) is 26.0 Å². The van der Waals surface area contributed by atoms with Crippen molar-refractivity contribution in [3.8, 4) is 11.5 Å². The molecule has 0 saturated heterocycles. The van der Waals surface area contributed by atoms with Gasteiger partial charge in [0.25, 0.3) is 0 Å². The summed E-state index contributed by atoms with van der Waals surface area (Å²) < 4.78 is 37.7. The van der Waals surface area contributed by atoms with Gasteiger partial charge in [-0.05, 0) is 61.7 Å². The second-order valence-electron chi connectivity index (χ2n) is 8.86. The van der Waals surface area contributed by atoms with Crippen molar-refractivity contribution >= 4 is 27.5 Å². The van der Waals surface area contributed by atoms with Crippen LogP contribution in [0.3, 0.4) is 0 Å². The molecule has 0 atom stereocenters. The SMILES string of the molecule is COc1ccc(Cl)cc1S(=O)(=O)CN(Cc1ccc2c(c1)C=CC(C)(C)O2)CC(C)C. The minimum absolute atomic E-state index is 0.111. The molecule has 1 aliphatic heterocycles. The van der Waals surface area contributed by atoms with Crippen LogP contribution in [0.15, 0.2) is 47.4 Å². The first kappa shape index (κ1) is 23.6. The zero-order chi connectivity index (χ0) is 22.8. The Bertz CT molecular complexity index is 1080. The van der Waals surface area contributed by atoms with Gasteiger partial charge in [-0.3, -0.25) is 4.90 Å². The quantitative estimate of drug-likeness (QED) is 0.523. The fraction of sp³-hybridized carbons (Fsp3) is 0.417. The molecule has 0 bridgehead atoms. The average Bonchev–Trinajstić information content (AvgIpc) is 2.66. The van der Waals surface area contributed by atoms with Crippen LogP contribution in [0.1, 0.15) is 38.8 Å². The highest BCUT2D eigenvalue weighted by Gasteiger charge is 2.25. The Kier molecular flexibility index (Phi) is 7.04. The second-order valence-corrected chi connectivity index (χ2v) is 11.2. The summed E-state index contributed by atoms with van der Waals surface area (Å²) in [5.41, 5.74) is 1.70. The van der Waals surface area contributed by atoms with Crippen molar-refractivity contribution < 1.29 is 17.9 Å². The van der Waals surface area contributed by atoms with E-state index in [4.69, 9.17) is 21.1 Å². The van der Waals surface area contributed by atoms with Crippen molar-refractivity contribution in [1.82, 2.24) is 4.90 Å². The molecule has 0 saturated carbocycles. The largest absolute Gasteiger partial charge is 0.495 e. The molecule has 0 amide bonds. The highest BCUT2D eigenvalue weighted by molar-refractivity contribution is 7.91. The Hall–Kier alpha value is -2.02. The lowest BCUT2D eigenvalue weighted by atomic mass is 10.0. The number of rotatable bonds is 8. The van der Waals surface area contributed by atoms with Crippen LogP contribution in [-0.4, -0.2) is 38.5 Å². The van der Waals surface area contributed by atoms with Gasteiger partial charge in [-0.25, -0.2) is 8.42 Å². The highest BCUT2D eigenvalue weighted by atomic mass is 35.5. The topological polar surface area (TPSA) is 55.8 Å². The van der Waals surface area contributed by atoms with Crippen molar-refractivity contribution in [1.29, 1.82) is 0 Å². The Morgan fingerprint density at radius 1 is 1.16 bits per heavy atom. The monoisotopic (exact) mass is 463 g/mol. The molecule has 1 heterocycles. The molecule has 2 aromatic rings. The number of fused-ring (bicyclic) bond motifs is 1. The van der Waals surface area contributed by atoms with E-state index in [-0.39, 0.29) is 16.4 Å². The number of nitrogens with zero attached hydrogens (tertiary/aromatic N) is 1. The number of methoxy groups -OCH3 is 1. The van der Waals surface area contributed by atoms with E-state index in [1.54, 1.807) is 12.1 Å². The maximum absolute atomic E-state index is 13.2. The molecular formula is C24H30ClNO4S. The van der Waals surface area contributed by atoms with Crippen molar-refractivity contribution in [3.05, 3.63) is 58.6 Å². The molecule has 0 N–H and O–H groups in total. The van der Waals surface area contributed by atoms with E-state index in [1.165, 1.54) is 13.2 Å². The van der Waals surface area contributed by atoms with Gasteiger partial charge in [0.1, 0.15) is 27.9 Å². The first-order valence-electron chi connectivity index (χ1n) is 10.3. The number of ether oxygens (including phenoxy) is 2. The smallest absolute Gasteiger partial charge is 0.195 e. The zero-order valence-electron chi connectivity index (χ0n) is 18.7. The van der Waals surface area contributed by atoms with E-state index in [0.717, 1.165) is 16.9 Å².